The van der Waals surface area contributed by atoms with Gasteiger partial charge < -0.3 is 10.3 Å². The molecule has 0 bridgehead atoms. The van der Waals surface area contributed by atoms with Crippen molar-refractivity contribution in [3.05, 3.63) is 41.2 Å². The van der Waals surface area contributed by atoms with Gasteiger partial charge in [-0.05, 0) is 12.5 Å². The molecule has 0 saturated heterocycles. The van der Waals surface area contributed by atoms with Gasteiger partial charge in [-0.1, -0.05) is 80.2 Å². The lowest BCUT2D eigenvalue weighted by Gasteiger charge is -2.13. The summed E-state index contributed by atoms with van der Waals surface area (Å²) in [5.41, 5.74) is 1.20. The second-order valence-electron chi connectivity index (χ2n) is 5.79. The van der Waals surface area contributed by atoms with E-state index >= 15 is 0 Å². The van der Waals surface area contributed by atoms with E-state index < -0.39 is 0 Å². The molecule has 22 heavy (non-hydrogen) atoms. The summed E-state index contributed by atoms with van der Waals surface area (Å²) in [7, 11) is 0. The largest absolute Gasteiger partial charge is 0.618 e. The van der Waals surface area contributed by atoms with Gasteiger partial charge in [-0.25, -0.2) is 0 Å². The molecule has 0 aliphatic heterocycles. The molecule has 0 fully saturated rings. The predicted molar refractivity (Wildman–Crippen MR) is 99.3 cm³/mol. The molecule has 0 aliphatic carbocycles. The van der Waals surface area contributed by atoms with Gasteiger partial charge in [0, 0.05) is 6.07 Å². The number of pyridine rings is 1. The van der Waals surface area contributed by atoms with Crippen LogP contribution in [0, 0.1) is 5.21 Å². The van der Waals surface area contributed by atoms with Gasteiger partial charge >= 0.3 is 0 Å². The molecule has 0 aliphatic rings. The van der Waals surface area contributed by atoms with Crippen LogP contribution in [-0.4, -0.2) is 5.11 Å². The first-order valence-corrected chi connectivity index (χ1v) is 9.38. The van der Waals surface area contributed by atoms with Crippen molar-refractivity contribution in [2.75, 3.05) is 0 Å². The van der Waals surface area contributed by atoms with Crippen LogP contribution in [0.2, 0.25) is 0 Å². The van der Waals surface area contributed by atoms with Crippen LogP contribution < -0.4 is 4.73 Å². The molecule has 0 amide bonds. The number of aromatic nitrogens is 1. The monoisotopic (exact) mass is 413 g/mol. The minimum absolute atomic E-state index is 0.136. The molecule has 2 aromatic rings. The van der Waals surface area contributed by atoms with Crippen LogP contribution in [0.3, 0.4) is 0 Å². The number of unbranched alkanes of at least 4 members (excludes halogenated alkanes) is 5. The molecule has 1 atom stereocenters. The van der Waals surface area contributed by atoms with E-state index in [2.05, 4.69) is 29.5 Å². The lowest BCUT2D eigenvalue weighted by atomic mass is 10.1. The van der Waals surface area contributed by atoms with Crippen LogP contribution in [0.15, 0.2) is 30.3 Å². The first-order valence-electron chi connectivity index (χ1n) is 8.13. The van der Waals surface area contributed by atoms with E-state index in [0.29, 0.717) is 16.6 Å². The first kappa shape index (κ1) is 17.3. The zero-order valence-corrected chi connectivity index (χ0v) is 15.3. The van der Waals surface area contributed by atoms with Crippen molar-refractivity contribution in [2.24, 2.45) is 0 Å². The SMILES string of the molecule is CCCCCCCCC(I)c1cc(O)c2ccccc2[n+]1[O-]. The Labute approximate surface area is 146 Å². The standard InChI is InChI=1S/C18H24INO2/c1-2-3-4-5-6-7-11-15(19)17-13-18(21)14-10-8-9-12-16(14)20(17)22/h8-10,12-13,15,21H,2-7,11H2,1H3. The summed E-state index contributed by atoms with van der Waals surface area (Å²) in [5.74, 6) is 0.197. The van der Waals surface area contributed by atoms with E-state index in [1.165, 1.54) is 32.1 Å². The highest BCUT2D eigenvalue weighted by atomic mass is 127. The van der Waals surface area contributed by atoms with Crippen molar-refractivity contribution in [3.63, 3.8) is 0 Å². The topological polar surface area (TPSA) is 47.2 Å². The number of alkyl halides is 1. The fraction of sp³-hybridized carbons (Fsp3) is 0.500. The van der Waals surface area contributed by atoms with Gasteiger partial charge in [0.25, 0.3) is 0 Å². The zero-order valence-electron chi connectivity index (χ0n) is 13.1. The molecular weight excluding hydrogens is 389 g/mol. The summed E-state index contributed by atoms with van der Waals surface area (Å²) in [6.45, 7) is 2.22. The number of para-hydroxylation sites is 1. The van der Waals surface area contributed by atoms with Crippen LogP contribution in [0.25, 0.3) is 10.9 Å². The summed E-state index contributed by atoms with van der Waals surface area (Å²) in [5, 5.41) is 23.3. The average Bonchev–Trinajstić information content (AvgIpc) is 2.54. The molecular formula is C18H24INO2. The summed E-state index contributed by atoms with van der Waals surface area (Å²) in [6, 6.07) is 8.83. The number of benzene rings is 1. The predicted octanol–water partition coefficient (Wildman–Crippen LogP) is 5.41. The molecule has 0 saturated carbocycles. The Morgan fingerprint density at radius 2 is 1.82 bits per heavy atom. The summed E-state index contributed by atoms with van der Waals surface area (Å²) in [4.78, 5) is 0. The molecule has 1 heterocycles. The van der Waals surface area contributed by atoms with Gasteiger partial charge in [-0.15, -0.1) is 0 Å². The highest BCUT2D eigenvalue weighted by Crippen LogP contribution is 2.32. The lowest BCUT2D eigenvalue weighted by Crippen LogP contribution is -2.33. The van der Waals surface area contributed by atoms with Gasteiger partial charge in [-0.2, -0.15) is 4.73 Å². The third-order valence-electron chi connectivity index (χ3n) is 4.05. The Morgan fingerprint density at radius 1 is 1.14 bits per heavy atom. The minimum atomic E-state index is 0.136. The van der Waals surface area contributed by atoms with Crippen molar-refractivity contribution in [3.8, 4) is 5.75 Å². The highest BCUT2D eigenvalue weighted by molar-refractivity contribution is 14.1. The van der Waals surface area contributed by atoms with Crippen molar-refractivity contribution in [2.45, 2.75) is 55.8 Å². The Hall–Kier alpha value is -1.04. The van der Waals surface area contributed by atoms with E-state index in [9.17, 15) is 10.3 Å². The molecule has 1 unspecified atom stereocenters. The number of aromatic hydroxyl groups is 1. The zero-order chi connectivity index (χ0) is 15.9. The average molecular weight is 413 g/mol. The fourth-order valence-corrected chi connectivity index (χ4v) is 3.63. The van der Waals surface area contributed by atoms with E-state index in [-0.39, 0.29) is 9.67 Å². The van der Waals surface area contributed by atoms with Crippen LogP contribution in [-0.2, 0) is 0 Å². The number of rotatable bonds is 8. The first-order chi connectivity index (χ1) is 10.6. The maximum atomic E-state index is 12.5. The van der Waals surface area contributed by atoms with Gasteiger partial charge in [0.2, 0.25) is 11.2 Å². The smallest absolute Gasteiger partial charge is 0.227 e. The summed E-state index contributed by atoms with van der Waals surface area (Å²) >= 11 is 2.32. The Kier molecular flexibility index (Phi) is 6.73. The summed E-state index contributed by atoms with van der Waals surface area (Å²) < 4.78 is 1.11. The van der Waals surface area contributed by atoms with E-state index in [1.807, 2.05) is 12.1 Å². The van der Waals surface area contributed by atoms with Crippen LogP contribution in [0.4, 0.5) is 0 Å². The van der Waals surface area contributed by atoms with Gasteiger partial charge in [0.05, 0.1) is 15.4 Å². The Balaban J connectivity index is 2.02. The second kappa shape index (κ2) is 8.56. The molecule has 0 radical (unpaired) electrons. The van der Waals surface area contributed by atoms with Crippen molar-refractivity contribution >= 4 is 33.5 Å². The Morgan fingerprint density at radius 3 is 2.59 bits per heavy atom. The number of fused-ring (bicyclic) bond motifs is 1. The van der Waals surface area contributed by atoms with Crippen molar-refractivity contribution < 1.29 is 9.84 Å². The number of hydrogen-bond donors (Lipinski definition) is 1. The highest BCUT2D eigenvalue weighted by Gasteiger charge is 2.21. The number of hydrogen-bond acceptors (Lipinski definition) is 2. The van der Waals surface area contributed by atoms with Gasteiger partial charge in [-0.3, -0.25) is 0 Å². The fourth-order valence-electron chi connectivity index (χ4n) is 2.75. The number of halogens is 1. The normalized spacial score (nSPS) is 12.6. The minimum Gasteiger partial charge on any atom is -0.618 e. The molecule has 4 heteroatoms. The van der Waals surface area contributed by atoms with E-state index in [4.69, 9.17) is 0 Å². The van der Waals surface area contributed by atoms with Crippen LogP contribution in [0.5, 0.6) is 5.75 Å². The Bertz CT molecular complexity index is 615. The molecule has 1 aromatic heterocycles. The molecule has 120 valence electrons. The second-order valence-corrected chi connectivity index (χ2v) is 7.29. The van der Waals surface area contributed by atoms with Gasteiger partial charge in [0.1, 0.15) is 5.75 Å². The third-order valence-corrected chi connectivity index (χ3v) is 5.31. The van der Waals surface area contributed by atoms with Crippen molar-refractivity contribution in [1.82, 2.24) is 0 Å². The maximum Gasteiger partial charge on any atom is 0.227 e. The number of nitrogens with zero attached hydrogens (tertiary/aromatic N) is 1. The van der Waals surface area contributed by atoms with Crippen LogP contribution in [0.1, 0.15) is 61.5 Å². The lowest BCUT2D eigenvalue weighted by molar-refractivity contribution is -0.586. The molecule has 2 rings (SSSR count). The van der Waals surface area contributed by atoms with E-state index in [0.717, 1.165) is 17.6 Å². The quantitative estimate of drug-likeness (QED) is 0.207. The molecule has 3 nitrogen and oxygen atoms in total. The maximum absolute atomic E-state index is 12.5. The van der Waals surface area contributed by atoms with E-state index in [1.54, 1.807) is 18.2 Å². The third kappa shape index (κ3) is 4.24. The molecule has 1 N–H and O–H groups in total. The van der Waals surface area contributed by atoms with Crippen molar-refractivity contribution in [1.29, 1.82) is 0 Å². The van der Waals surface area contributed by atoms with Crippen LogP contribution >= 0.6 is 22.6 Å². The molecule has 0 spiro atoms. The van der Waals surface area contributed by atoms with Gasteiger partial charge in [0.15, 0.2) is 0 Å². The summed E-state index contributed by atoms with van der Waals surface area (Å²) in [6.07, 6.45) is 8.49. The molecule has 1 aromatic carbocycles.